The molecule has 0 amide bonds. The molecular weight excluding hydrogens is 476 g/mol. The maximum Gasteiger partial charge on any atom is 0.0897 e. The van der Waals surface area contributed by atoms with Crippen LogP contribution in [-0.2, 0) is 9.47 Å². The summed E-state index contributed by atoms with van der Waals surface area (Å²) in [6.07, 6.45) is 13.2. The van der Waals surface area contributed by atoms with Crippen molar-refractivity contribution in [3.63, 3.8) is 0 Å². The molecule has 1 fully saturated rings. The molecule has 0 bridgehead atoms. The Kier molecular flexibility index (Phi) is 18.6. The summed E-state index contributed by atoms with van der Waals surface area (Å²) < 4.78 is 11.7. The summed E-state index contributed by atoms with van der Waals surface area (Å²) in [4.78, 5) is 0. The predicted octanol–water partition coefficient (Wildman–Crippen LogP) is 6.08. The lowest BCUT2D eigenvalue weighted by Gasteiger charge is -2.45. The summed E-state index contributed by atoms with van der Waals surface area (Å²) in [6, 6.07) is 0. The van der Waals surface area contributed by atoms with Gasteiger partial charge in [0.2, 0.25) is 0 Å². The van der Waals surface area contributed by atoms with E-state index >= 15 is 0 Å². The highest BCUT2D eigenvalue weighted by atomic mass is 16.5. The highest BCUT2D eigenvalue weighted by Gasteiger charge is 2.37. The minimum Gasteiger partial charge on any atom is -0.389 e. The Morgan fingerprint density at radius 1 is 0.789 bits per heavy atom. The van der Waals surface area contributed by atoms with Crippen LogP contribution in [0.3, 0.4) is 0 Å². The molecule has 0 heterocycles. The van der Waals surface area contributed by atoms with Crippen LogP contribution in [-0.4, -0.2) is 73.0 Å². The lowest BCUT2D eigenvalue weighted by molar-refractivity contribution is 0.0105. The topological polar surface area (TPSA) is 83.0 Å². The van der Waals surface area contributed by atoms with Gasteiger partial charge in [0.15, 0.2) is 0 Å². The van der Waals surface area contributed by atoms with Crippen LogP contribution >= 0.6 is 0 Å². The SMILES string of the molecule is CCCCC(CC)COCC(O)CNC1(C)CCC(C(C)(C)NCC(O)COCC(CC)CCCC)CC1. The molecule has 38 heavy (non-hydrogen) atoms. The first-order valence-corrected chi connectivity index (χ1v) is 16.1. The average Bonchev–Trinajstić information content (AvgIpc) is 2.90. The van der Waals surface area contributed by atoms with E-state index in [0.717, 1.165) is 51.7 Å². The summed E-state index contributed by atoms with van der Waals surface area (Å²) in [6.45, 7) is 19.2. The van der Waals surface area contributed by atoms with Gasteiger partial charge in [0, 0.05) is 37.4 Å². The molecule has 4 N–H and O–H groups in total. The minimum absolute atomic E-state index is 0.0314. The van der Waals surface area contributed by atoms with Crippen molar-refractivity contribution < 1.29 is 19.7 Å². The fraction of sp³-hybridized carbons (Fsp3) is 1.00. The molecule has 0 aromatic heterocycles. The van der Waals surface area contributed by atoms with E-state index in [4.69, 9.17) is 9.47 Å². The molecule has 0 aliphatic heterocycles. The van der Waals surface area contributed by atoms with Gasteiger partial charge in [-0.2, -0.15) is 0 Å². The van der Waals surface area contributed by atoms with Crippen LogP contribution in [0, 0.1) is 17.8 Å². The largest absolute Gasteiger partial charge is 0.389 e. The van der Waals surface area contributed by atoms with Crippen LogP contribution in [0.5, 0.6) is 0 Å². The second-order valence-electron chi connectivity index (χ2n) is 13.0. The van der Waals surface area contributed by atoms with Gasteiger partial charge in [-0.25, -0.2) is 0 Å². The third-order valence-corrected chi connectivity index (χ3v) is 9.08. The summed E-state index contributed by atoms with van der Waals surface area (Å²) in [7, 11) is 0. The Labute approximate surface area is 236 Å². The zero-order valence-corrected chi connectivity index (χ0v) is 26.3. The lowest BCUT2D eigenvalue weighted by atomic mass is 9.70. The first-order chi connectivity index (χ1) is 18.1. The molecule has 0 aromatic carbocycles. The van der Waals surface area contributed by atoms with Gasteiger partial charge in [0.25, 0.3) is 0 Å². The van der Waals surface area contributed by atoms with Gasteiger partial charge in [0.1, 0.15) is 0 Å². The molecule has 6 heteroatoms. The Morgan fingerprint density at radius 2 is 1.26 bits per heavy atom. The monoisotopic (exact) mass is 543 g/mol. The van der Waals surface area contributed by atoms with E-state index in [1.165, 1.54) is 38.5 Å². The number of unbranched alkanes of at least 4 members (excludes halogenated alkanes) is 2. The highest BCUT2D eigenvalue weighted by molar-refractivity contribution is 4.96. The predicted molar refractivity (Wildman–Crippen MR) is 161 cm³/mol. The van der Waals surface area contributed by atoms with Gasteiger partial charge in [-0.1, -0.05) is 66.2 Å². The third kappa shape index (κ3) is 14.9. The molecule has 0 radical (unpaired) electrons. The van der Waals surface area contributed by atoms with E-state index in [1.807, 2.05) is 0 Å². The van der Waals surface area contributed by atoms with E-state index in [1.54, 1.807) is 0 Å². The van der Waals surface area contributed by atoms with Gasteiger partial charge in [-0.3, -0.25) is 0 Å². The van der Waals surface area contributed by atoms with Gasteiger partial charge in [-0.05, 0) is 77.0 Å². The Balaban J connectivity index is 2.29. The van der Waals surface area contributed by atoms with Crippen molar-refractivity contribution in [2.45, 2.75) is 149 Å². The second-order valence-corrected chi connectivity index (χ2v) is 13.0. The molecule has 1 saturated carbocycles. The number of β-amino-alcohol motifs (C(OH)–C–C–N with tert-alkyl or cyclic N) is 2. The number of aliphatic hydroxyl groups is 2. The van der Waals surface area contributed by atoms with Crippen LogP contribution in [0.2, 0.25) is 0 Å². The summed E-state index contributed by atoms with van der Waals surface area (Å²) >= 11 is 0. The molecule has 6 nitrogen and oxygen atoms in total. The van der Waals surface area contributed by atoms with Gasteiger partial charge in [0.05, 0.1) is 25.4 Å². The van der Waals surface area contributed by atoms with E-state index in [-0.39, 0.29) is 11.1 Å². The first kappa shape index (κ1) is 35.8. The number of ether oxygens (including phenoxy) is 2. The third-order valence-electron chi connectivity index (χ3n) is 9.08. The van der Waals surface area contributed by atoms with Crippen molar-refractivity contribution in [3.8, 4) is 0 Å². The first-order valence-electron chi connectivity index (χ1n) is 16.1. The van der Waals surface area contributed by atoms with Crippen LogP contribution in [0.1, 0.15) is 126 Å². The molecule has 1 aliphatic carbocycles. The van der Waals surface area contributed by atoms with Crippen LogP contribution in [0.25, 0.3) is 0 Å². The molecule has 4 atom stereocenters. The number of hydrogen-bond donors (Lipinski definition) is 4. The zero-order chi connectivity index (χ0) is 28.4. The molecule has 228 valence electrons. The van der Waals surface area contributed by atoms with Crippen molar-refractivity contribution in [2.75, 3.05) is 39.5 Å². The molecule has 0 saturated heterocycles. The second kappa shape index (κ2) is 19.8. The smallest absolute Gasteiger partial charge is 0.0897 e. The van der Waals surface area contributed by atoms with Crippen molar-refractivity contribution in [1.82, 2.24) is 10.6 Å². The number of hydrogen-bond acceptors (Lipinski definition) is 6. The van der Waals surface area contributed by atoms with Gasteiger partial charge < -0.3 is 30.3 Å². The number of rotatable bonds is 23. The highest BCUT2D eigenvalue weighted by Crippen LogP contribution is 2.37. The molecule has 4 unspecified atom stereocenters. The van der Waals surface area contributed by atoms with Crippen LogP contribution in [0.4, 0.5) is 0 Å². The maximum absolute atomic E-state index is 10.5. The van der Waals surface area contributed by atoms with Crippen molar-refractivity contribution >= 4 is 0 Å². The molecule has 0 aromatic rings. The Hall–Kier alpha value is -0.240. The molecule has 0 spiro atoms. The summed E-state index contributed by atoms with van der Waals surface area (Å²) in [5.41, 5.74) is 0.0257. The fourth-order valence-electron chi connectivity index (χ4n) is 5.70. The molecular formula is C32H66N2O4. The number of nitrogens with one attached hydrogen (secondary N) is 2. The summed E-state index contributed by atoms with van der Waals surface area (Å²) in [5.74, 6) is 1.78. The van der Waals surface area contributed by atoms with E-state index < -0.39 is 12.2 Å². The van der Waals surface area contributed by atoms with Crippen molar-refractivity contribution in [2.24, 2.45) is 17.8 Å². The van der Waals surface area contributed by atoms with Crippen LogP contribution < -0.4 is 10.6 Å². The van der Waals surface area contributed by atoms with E-state index in [0.29, 0.717) is 44.1 Å². The standard InChI is InChI=1S/C32H66N2O4/c1-8-12-14-26(10-3)22-37-24-29(35)20-33-31(5,6)28-16-18-32(7,19-17-28)34-21-30(36)25-38-23-27(11-4)15-13-9-2/h26-30,33-36H,8-25H2,1-7H3. The Morgan fingerprint density at radius 3 is 1.71 bits per heavy atom. The van der Waals surface area contributed by atoms with E-state index in [9.17, 15) is 10.2 Å². The fourth-order valence-corrected chi connectivity index (χ4v) is 5.70. The van der Waals surface area contributed by atoms with E-state index in [2.05, 4.69) is 59.1 Å². The zero-order valence-electron chi connectivity index (χ0n) is 26.3. The minimum atomic E-state index is -0.476. The van der Waals surface area contributed by atoms with Crippen molar-refractivity contribution in [1.29, 1.82) is 0 Å². The maximum atomic E-state index is 10.5. The summed E-state index contributed by atoms with van der Waals surface area (Å²) in [5, 5.41) is 28.2. The van der Waals surface area contributed by atoms with Crippen molar-refractivity contribution in [3.05, 3.63) is 0 Å². The Bertz CT molecular complexity index is 566. The molecule has 1 rings (SSSR count). The molecule has 1 aliphatic rings. The van der Waals surface area contributed by atoms with Gasteiger partial charge in [-0.15, -0.1) is 0 Å². The number of aliphatic hydroxyl groups excluding tert-OH is 2. The lowest BCUT2D eigenvalue weighted by Crippen LogP contribution is -2.54. The van der Waals surface area contributed by atoms with Crippen LogP contribution in [0.15, 0.2) is 0 Å². The quantitative estimate of drug-likeness (QED) is 0.125. The van der Waals surface area contributed by atoms with Gasteiger partial charge >= 0.3 is 0 Å². The normalized spacial score (nSPS) is 23.8. The average molecular weight is 543 g/mol.